The number of aromatic amines is 1. The number of hydrogen-bond donors (Lipinski definition) is 1. The molecule has 13 heteroatoms. The molecule has 3 heterocycles. The average Bonchev–Trinajstić information content (AvgIpc) is 2.99. The zero-order valence-electron chi connectivity index (χ0n) is 14.1. The average molecular weight is 421 g/mol. The summed E-state index contributed by atoms with van der Waals surface area (Å²) in [5.41, 5.74) is 0.655. The van der Waals surface area contributed by atoms with Gasteiger partial charge in [0.05, 0.1) is 11.3 Å². The molecule has 150 valence electrons. The van der Waals surface area contributed by atoms with E-state index in [0.717, 1.165) is 10.6 Å². The molecule has 0 spiro atoms. The first kappa shape index (κ1) is 20.0. The molecule has 0 bridgehead atoms. The zero-order valence-corrected chi connectivity index (χ0v) is 14.9. The van der Waals surface area contributed by atoms with E-state index in [9.17, 15) is 26.7 Å². The van der Waals surface area contributed by atoms with E-state index < -0.39 is 24.6 Å². The number of halogens is 5. The lowest BCUT2D eigenvalue weighted by Crippen LogP contribution is -2.41. The lowest BCUT2D eigenvalue weighted by molar-refractivity contribution is -0.290. The van der Waals surface area contributed by atoms with Gasteiger partial charge < -0.3 is 9.72 Å². The smallest absolute Gasteiger partial charge is 0.456 e. The van der Waals surface area contributed by atoms with Crippen LogP contribution >= 0.6 is 11.8 Å². The van der Waals surface area contributed by atoms with Crippen LogP contribution in [0.1, 0.15) is 6.92 Å². The molecule has 0 amide bonds. The van der Waals surface area contributed by atoms with Crippen LogP contribution in [0.3, 0.4) is 0 Å². The summed E-state index contributed by atoms with van der Waals surface area (Å²) in [6.07, 6.45) is -4.30. The summed E-state index contributed by atoms with van der Waals surface area (Å²) in [4.78, 5) is 14.8. The number of aromatic nitrogens is 5. The van der Waals surface area contributed by atoms with Gasteiger partial charge in [0.2, 0.25) is 5.88 Å². The number of rotatable bonds is 6. The Morgan fingerprint density at radius 3 is 2.54 bits per heavy atom. The van der Waals surface area contributed by atoms with E-state index in [1.54, 1.807) is 0 Å². The number of hydrogen-bond acceptors (Lipinski definition) is 6. The van der Waals surface area contributed by atoms with Gasteiger partial charge in [-0.05, 0) is 11.8 Å². The fraction of sp³-hybridized carbons (Fsp3) is 0.333. The van der Waals surface area contributed by atoms with Gasteiger partial charge >= 0.3 is 12.1 Å². The second kappa shape index (κ2) is 7.37. The Labute approximate surface area is 157 Å². The molecule has 0 atom stereocenters. The zero-order chi connectivity index (χ0) is 20.5. The Balaban J connectivity index is 1.91. The number of fused-ring (bicyclic) bond motifs is 1. The highest BCUT2D eigenvalue weighted by molar-refractivity contribution is 7.99. The van der Waals surface area contributed by atoms with Gasteiger partial charge in [-0.25, -0.2) is 0 Å². The van der Waals surface area contributed by atoms with E-state index in [-0.39, 0.29) is 11.3 Å². The number of H-pyrrole nitrogens is 1. The van der Waals surface area contributed by atoms with Crippen LogP contribution in [-0.4, -0.2) is 49.3 Å². The lowest BCUT2D eigenvalue weighted by Gasteiger charge is -2.19. The van der Waals surface area contributed by atoms with E-state index in [2.05, 4.69) is 25.0 Å². The monoisotopic (exact) mass is 421 g/mol. The van der Waals surface area contributed by atoms with Gasteiger partial charge in [-0.15, -0.1) is 22.0 Å². The maximum atomic E-state index is 12.9. The summed E-state index contributed by atoms with van der Waals surface area (Å²) >= 11 is 1.34. The summed E-state index contributed by atoms with van der Waals surface area (Å²) in [5, 5.41) is 12.0. The highest BCUT2D eigenvalue weighted by Gasteiger charge is 2.58. The quantitative estimate of drug-likeness (QED) is 0.486. The number of nitrogens with zero attached hydrogens (tertiary/aromatic N) is 4. The molecule has 0 saturated heterocycles. The first-order valence-electron chi connectivity index (χ1n) is 7.78. The summed E-state index contributed by atoms with van der Waals surface area (Å²) in [7, 11) is 0. The summed E-state index contributed by atoms with van der Waals surface area (Å²) in [5.74, 6) is -4.87. The maximum Gasteiger partial charge on any atom is 0.456 e. The van der Waals surface area contributed by atoms with Gasteiger partial charge in [0, 0.05) is 18.3 Å². The molecular formula is C15H12F5N5O2S. The summed E-state index contributed by atoms with van der Waals surface area (Å²) < 4.78 is 67.9. The van der Waals surface area contributed by atoms with Crippen molar-refractivity contribution < 1.29 is 26.7 Å². The predicted octanol–water partition coefficient (Wildman–Crippen LogP) is 3.17. The SMILES string of the molecule is CCSc1nn2c(=O)cc[nH]c2c1-c1ccc(OCC(F)(F)C(F)(F)F)nn1. The third-order valence-corrected chi connectivity index (χ3v) is 4.35. The van der Waals surface area contributed by atoms with Gasteiger partial charge in [-0.2, -0.15) is 31.6 Å². The third-order valence-electron chi connectivity index (χ3n) is 3.50. The molecule has 0 aromatic carbocycles. The Morgan fingerprint density at radius 1 is 1.18 bits per heavy atom. The van der Waals surface area contributed by atoms with Crippen LogP contribution in [0.5, 0.6) is 5.88 Å². The highest BCUT2D eigenvalue weighted by atomic mass is 32.2. The largest absolute Gasteiger partial charge is 0.470 e. The first-order chi connectivity index (χ1) is 13.1. The molecule has 28 heavy (non-hydrogen) atoms. The molecule has 7 nitrogen and oxygen atoms in total. The minimum atomic E-state index is -5.73. The van der Waals surface area contributed by atoms with Crippen molar-refractivity contribution in [3.05, 3.63) is 34.7 Å². The van der Waals surface area contributed by atoms with Crippen LogP contribution in [-0.2, 0) is 0 Å². The molecule has 3 rings (SSSR count). The molecule has 0 aliphatic carbocycles. The molecule has 0 fully saturated rings. The van der Waals surface area contributed by atoms with Crippen molar-refractivity contribution in [1.29, 1.82) is 0 Å². The van der Waals surface area contributed by atoms with Gasteiger partial charge in [-0.3, -0.25) is 4.79 Å². The third kappa shape index (κ3) is 3.79. The van der Waals surface area contributed by atoms with Crippen LogP contribution < -0.4 is 10.3 Å². The second-order valence-electron chi connectivity index (χ2n) is 5.44. The van der Waals surface area contributed by atoms with Gasteiger partial charge in [0.25, 0.3) is 5.56 Å². The van der Waals surface area contributed by atoms with E-state index >= 15 is 0 Å². The van der Waals surface area contributed by atoms with Crippen LogP contribution in [0, 0.1) is 0 Å². The Bertz CT molecular complexity index is 1030. The van der Waals surface area contributed by atoms with Crippen molar-refractivity contribution in [1.82, 2.24) is 24.8 Å². The fourth-order valence-corrected chi connectivity index (χ4v) is 2.96. The first-order valence-corrected chi connectivity index (χ1v) is 8.77. The Hall–Kier alpha value is -2.70. The van der Waals surface area contributed by atoms with E-state index in [0.29, 0.717) is 22.0 Å². The number of nitrogens with one attached hydrogen (secondary N) is 1. The summed E-state index contributed by atoms with van der Waals surface area (Å²) in [6, 6.07) is 3.73. The summed E-state index contributed by atoms with van der Waals surface area (Å²) in [6.45, 7) is -0.0325. The molecule has 0 saturated carbocycles. The van der Waals surface area contributed by atoms with Gasteiger partial charge in [0.1, 0.15) is 10.7 Å². The van der Waals surface area contributed by atoms with Gasteiger partial charge in [0.15, 0.2) is 6.61 Å². The van der Waals surface area contributed by atoms with Crippen molar-refractivity contribution >= 4 is 17.4 Å². The van der Waals surface area contributed by atoms with E-state index in [4.69, 9.17) is 0 Å². The Morgan fingerprint density at radius 2 is 1.93 bits per heavy atom. The van der Waals surface area contributed by atoms with Crippen molar-refractivity contribution in [3.8, 4) is 17.1 Å². The van der Waals surface area contributed by atoms with Crippen molar-refractivity contribution in [3.63, 3.8) is 0 Å². The standard InChI is InChI=1S/C15H12F5N5O2S/c1-2-28-13-11(12-21-6-5-10(26)25(12)24-13)8-3-4-9(23-22-8)27-7-14(16,17)15(18,19)20/h3-6,21H,2,7H2,1H3. The molecule has 3 aromatic rings. The predicted molar refractivity (Wildman–Crippen MR) is 89.7 cm³/mol. The van der Waals surface area contributed by atoms with E-state index in [1.807, 2.05) is 6.92 Å². The van der Waals surface area contributed by atoms with Crippen LogP contribution in [0.25, 0.3) is 16.9 Å². The van der Waals surface area contributed by atoms with Crippen molar-refractivity contribution in [2.24, 2.45) is 0 Å². The topological polar surface area (TPSA) is 85.2 Å². The van der Waals surface area contributed by atoms with Crippen LogP contribution in [0.4, 0.5) is 22.0 Å². The fourth-order valence-electron chi connectivity index (χ4n) is 2.20. The highest BCUT2D eigenvalue weighted by Crippen LogP contribution is 2.36. The number of alkyl halides is 5. The maximum absolute atomic E-state index is 12.9. The van der Waals surface area contributed by atoms with Crippen LogP contribution in [0.2, 0.25) is 0 Å². The minimum Gasteiger partial charge on any atom is -0.470 e. The molecule has 0 aliphatic heterocycles. The molecule has 0 unspecified atom stereocenters. The van der Waals surface area contributed by atoms with Crippen molar-refractivity contribution in [2.75, 3.05) is 12.4 Å². The van der Waals surface area contributed by atoms with Gasteiger partial charge in [-0.1, -0.05) is 6.92 Å². The number of ether oxygens (including phenoxy) is 1. The normalized spacial score (nSPS) is 12.5. The molecule has 1 N–H and O–H groups in total. The second-order valence-corrected chi connectivity index (χ2v) is 6.69. The lowest BCUT2D eigenvalue weighted by atomic mass is 10.2. The number of thioether (sulfide) groups is 1. The Kier molecular flexibility index (Phi) is 5.28. The minimum absolute atomic E-state index is 0.239. The molecule has 0 aliphatic rings. The van der Waals surface area contributed by atoms with Crippen molar-refractivity contribution in [2.45, 2.75) is 24.0 Å². The molecule has 3 aromatic heterocycles. The molecular weight excluding hydrogens is 409 g/mol. The van der Waals surface area contributed by atoms with E-state index in [1.165, 1.54) is 30.1 Å². The van der Waals surface area contributed by atoms with Crippen LogP contribution in [0.15, 0.2) is 34.2 Å². The molecule has 0 radical (unpaired) electrons.